The predicted octanol–water partition coefficient (Wildman–Crippen LogP) is 3.54. The van der Waals surface area contributed by atoms with Gasteiger partial charge in [-0.3, -0.25) is 0 Å². The summed E-state index contributed by atoms with van der Waals surface area (Å²) in [4.78, 5) is 18.0. The molecule has 1 aromatic carbocycles. The van der Waals surface area contributed by atoms with Crippen molar-refractivity contribution in [2.45, 2.75) is 19.8 Å². The fraction of sp³-hybridized carbons (Fsp3) is 0.368. The minimum absolute atomic E-state index is 0.300. The normalized spacial score (nSPS) is 14.8. The first-order valence-corrected chi connectivity index (χ1v) is 10.1. The van der Waals surface area contributed by atoms with Gasteiger partial charge in [0.05, 0.1) is 0 Å². The van der Waals surface area contributed by atoms with E-state index in [1.54, 1.807) is 24.4 Å². The molecule has 1 saturated heterocycles. The van der Waals surface area contributed by atoms with Crippen LogP contribution in [0.3, 0.4) is 0 Å². The largest absolute Gasteiger partial charge is 0.439 e. The quantitative estimate of drug-likeness (QED) is 0.649. The SMILES string of the molecule is CCc1nsc(N2CCCN(c3nccc(Oc4ccc(F)cc4)n3)CC2)n1. The van der Waals surface area contributed by atoms with E-state index in [4.69, 9.17) is 4.74 Å². The van der Waals surface area contributed by atoms with E-state index in [1.165, 1.54) is 23.7 Å². The van der Waals surface area contributed by atoms with Crippen LogP contribution in [0.4, 0.5) is 15.5 Å². The van der Waals surface area contributed by atoms with Gasteiger partial charge in [0.15, 0.2) is 0 Å². The first-order chi connectivity index (χ1) is 13.7. The van der Waals surface area contributed by atoms with E-state index in [9.17, 15) is 4.39 Å². The lowest BCUT2D eigenvalue weighted by Crippen LogP contribution is -2.31. The second-order valence-corrected chi connectivity index (χ2v) is 7.16. The molecule has 0 atom stereocenters. The van der Waals surface area contributed by atoms with E-state index >= 15 is 0 Å². The van der Waals surface area contributed by atoms with Gasteiger partial charge in [-0.15, -0.1) is 0 Å². The van der Waals surface area contributed by atoms with Crippen LogP contribution in [0.25, 0.3) is 0 Å². The van der Waals surface area contributed by atoms with Crippen LogP contribution in [0.2, 0.25) is 0 Å². The van der Waals surface area contributed by atoms with Gasteiger partial charge in [-0.25, -0.2) is 14.4 Å². The fourth-order valence-corrected chi connectivity index (χ4v) is 3.79. The molecule has 0 N–H and O–H groups in total. The van der Waals surface area contributed by atoms with Crippen LogP contribution in [0.1, 0.15) is 19.2 Å². The highest BCUT2D eigenvalue weighted by Crippen LogP contribution is 2.23. The number of hydrogen-bond acceptors (Lipinski definition) is 8. The Morgan fingerprint density at radius 3 is 2.61 bits per heavy atom. The van der Waals surface area contributed by atoms with Crippen molar-refractivity contribution >= 4 is 22.6 Å². The lowest BCUT2D eigenvalue weighted by molar-refractivity contribution is 0.459. The zero-order valence-corrected chi connectivity index (χ0v) is 16.4. The predicted molar refractivity (Wildman–Crippen MR) is 107 cm³/mol. The Kier molecular flexibility index (Phi) is 5.61. The van der Waals surface area contributed by atoms with Gasteiger partial charge in [0, 0.05) is 56.4 Å². The Balaban J connectivity index is 1.43. The molecule has 7 nitrogen and oxygen atoms in total. The molecule has 3 heterocycles. The molecule has 3 aromatic rings. The molecule has 0 amide bonds. The average molecular weight is 400 g/mol. The van der Waals surface area contributed by atoms with Gasteiger partial charge in [0.1, 0.15) is 17.4 Å². The van der Waals surface area contributed by atoms with Crippen molar-refractivity contribution in [2.75, 3.05) is 36.0 Å². The molecule has 146 valence electrons. The maximum atomic E-state index is 13.0. The third kappa shape index (κ3) is 4.36. The smallest absolute Gasteiger partial charge is 0.228 e. The average Bonchev–Trinajstić information content (AvgIpc) is 3.07. The topological polar surface area (TPSA) is 67.3 Å². The Bertz CT molecular complexity index is 919. The minimum atomic E-state index is -0.300. The monoisotopic (exact) mass is 400 g/mol. The van der Waals surface area contributed by atoms with Crippen LogP contribution >= 0.6 is 11.5 Å². The van der Waals surface area contributed by atoms with Crippen LogP contribution < -0.4 is 14.5 Å². The van der Waals surface area contributed by atoms with Gasteiger partial charge in [-0.05, 0) is 30.7 Å². The highest BCUT2D eigenvalue weighted by molar-refractivity contribution is 7.09. The number of ether oxygens (including phenoxy) is 1. The molecule has 1 aliphatic rings. The Hall–Kier alpha value is -2.81. The van der Waals surface area contributed by atoms with Crippen molar-refractivity contribution in [1.82, 2.24) is 19.3 Å². The number of rotatable bonds is 5. The second-order valence-electron chi connectivity index (χ2n) is 6.43. The number of anilines is 2. The first-order valence-electron chi connectivity index (χ1n) is 9.30. The Labute approximate surface area is 167 Å². The zero-order valence-electron chi connectivity index (χ0n) is 15.6. The van der Waals surface area contributed by atoms with Crippen LogP contribution in [-0.2, 0) is 6.42 Å². The molecular formula is C19H21FN6OS. The summed E-state index contributed by atoms with van der Waals surface area (Å²) in [6, 6.07) is 7.57. The number of aryl methyl sites for hydroxylation is 1. The number of aromatic nitrogens is 4. The van der Waals surface area contributed by atoms with E-state index in [1.807, 2.05) is 0 Å². The standard InChI is InChI=1S/C19H21FN6OS/c1-2-16-22-19(28-24-16)26-11-3-10-25(12-13-26)18-21-9-8-17(23-18)27-15-6-4-14(20)5-7-15/h4-9H,2-3,10-13H2,1H3. The van der Waals surface area contributed by atoms with Crippen molar-refractivity contribution in [3.8, 4) is 11.6 Å². The molecule has 0 saturated carbocycles. The number of benzene rings is 1. The number of halogens is 1. The Morgan fingerprint density at radius 2 is 1.82 bits per heavy atom. The molecule has 1 aliphatic heterocycles. The van der Waals surface area contributed by atoms with Gasteiger partial charge in [0.25, 0.3) is 0 Å². The summed E-state index contributed by atoms with van der Waals surface area (Å²) in [7, 11) is 0. The summed E-state index contributed by atoms with van der Waals surface area (Å²) in [5.74, 6) is 2.21. The summed E-state index contributed by atoms with van der Waals surface area (Å²) >= 11 is 1.46. The number of hydrogen-bond donors (Lipinski definition) is 0. The molecule has 4 rings (SSSR count). The second kappa shape index (κ2) is 8.47. The van der Waals surface area contributed by atoms with Crippen LogP contribution in [0, 0.1) is 5.82 Å². The van der Waals surface area contributed by atoms with Crippen molar-refractivity contribution in [2.24, 2.45) is 0 Å². The summed E-state index contributed by atoms with van der Waals surface area (Å²) in [5, 5.41) is 0.980. The van der Waals surface area contributed by atoms with Crippen LogP contribution in [0.15, 0.2) is 36.5 Å². The van der Waals surface area contributed by atoms with E-state index < -0.39 is 0 Å². The molecule has 0 aliphatic carbocycles. The van der Waals surface area contributed by atoms with Crippen molar-refractivity contribution in [1.29, 1.82) is 0 Å². The maximum absolute atomic E-state index is 13.0. The minimum Gasteiger partial charge on any atom is -0.439 e. The van der Waals surface area contributed by atoms with Crippen molar-refractivity contribution in [3.05, 3.63) is 48.2 Å². The molecule has 28 heavy (non-hydrogen) atoms. The van der Waals surface area contributed by atoms with Gasteiger partial charge in [-0.2, -0.15) is 9.36 Å². The van der Waals surface area contributed by atoms with Gasteiger partial charge in [0.2, 0.25) is 17.0 Å². The molecule has 0 unspecified atom stereocenters. The highest BCUT2D eigenvalue weighted by Gasteiger charge is 2.20. The van der Waals surface area contributed by atoms with Crippen molar-refractivity contribution in [3.63, 3.8) is 0 Å². The van der Waals surface area contributed by atoms with Gasteiger partial charge >= 0.3 is 0 Å². The van der Waals surface area contributed by atoms with Crippen LogP contribution in [-0.4, -0.2) is 45.5 Å². The van der Waals surface area contributed by atoms with E-state index in [0.29, 0.717) is 17.6 Å². The van der Waals surface area contributed by atoms with E-state index in [-0.39, 0.29) is 5.82 Å². The van der Waals surface area contributed by atoms with Gasteiger partial charge < -0.3 is 14.5 Å². The molecule has 0 spiro atoms. The molecular weight excluding hydrogens is 379 g/mol. The fourth-order valence-electron chi connectivity index (χ4n) is 2.99. The molecule has 0 bridgehead atoms. The molecule has 9 heteroatoms. The maximum Gasteiger partial charge on any atom is 0.228 e. The summed E-state index contributed by atoms with van der Waals surface area (Å²) in [6.45, 7) is 5.48. The molecule has 1 fully saturated rings. The zero-order chi connectivity index (χ0) is 19.3. The van der Waals surface area contributed by atoms with Crippen molar-refractivity contribution < 1.29 is 9.13 Å². The highest BCUT2D eigenvalue weighted by atomic mass is 32.1. The van der Waals surface area contributed by atoms with Crippen LogP contribution in [0.5, 0.6) is 11.6 Å². The van der Waals surface area contributed by atoms with E-state index in [0.717, 1.165) is 50.0 Å². The van der Waals surface area contributed by atoms with E-state index in [2.05, 4.69) is 36.0 Å². The third-order valence-corrected chi connectivity index (χ3v) is 5.29. The molecule has 0 radical (unpaired) electrons. The summed E-state index contributed by atoms with van der Waals surface area (Å²) < 4.78 is 23.2. The Morgan fingerprint density at radius 1 is 1.04 bits per heavy atom. The molecule has 2 aromatic heterocycles. The summed E-state index contributed by atoms with van der Waals surface area (Å²) in [5.41, 5.74) is 0. The summed E-state index contributed by atoms with van der Waals surface area (Å²) in [6.07, 6.45) is 3.51. The lowest BCUT2D eigenvalue weighted by atomic mass is 10.3. The first kappa shape index (κ1) is 18.5. The number of nitrogens with zero attached hydrogens (tertiary/aromatic N) is 6. The lowest BCUT2D eigenvalue weighted by Gasteiger charge is -2.21. The van der Waals surface area contributed by atoms with Gasteiger partial charge in [-0.1, -0.05) is 6.92 Å². The third-order valence-electron chi connectivity index (χ3n) is 4.48.